The van der Waals surface area contributed by atoms with E-state index in [1.165, 1.54) is 22.0 Å². The quantitative estimate of drug-likeness (QED) is 0.0753. The van der Waals surface area contributed by atoms with E-state index in [9.17, 15) is 19.2 Å². The number of piperidine rings is 1. The number of halogens is 2. The number of urea groups is 2. The van der Waals surface area contributed by atoms with Crippen molar-refractivity contribution in [3.05, 3.63) is 149 Å². The van der Waals surface area contributed by atoms with Crippen LogP contribution < -0.4 is 50.3 Å². The molecular formula is C51H50Cl2N12O6. The highest BCUT2D eigenvalue weighted by Crippen LogP contribution is 2.40. The summed E-state index contributed by atoms with van der Waals surface area (Å²) in [5, 5.41) is 13.2. The molecule has 20 heteroatoms. The molecule has 0 atom stereocenters. The highest BCUT2D eigenvalue weighted by atomic mass is 35.5. The first-order chi connectivity index (χ1) is 34.4. The van der Waals surface area contributed by atoms with Gasteiger partial charge in [0.25, 0.3) is 0 Å². The van der Waals surface area contributed by atoms with Crippen LogP contribution >= 0.6 is 23.2 Å². The predicted octanol–water partition coefficient (Wildman–Crippen LogP) is 9.46. The van der Waals surface area contributed by atoms with Gasteiger partial charge >= 0.3 is 12.1 Å². The second kappa shape index (κ2) is 22.1. The van der Waals surface area contributed by atoms with E-state index < -0.39 is 0 Å². The van der Waals surface area contributed by atoms with Crippen LogP contribution in [0.25, 0.3) is 0 Å². The molecule has 3 aliphatic rings. The van der Waals surface area contributed by atoms with Crippen molar-refractivity contribution in [1.82, 2.24) is 25.3 Å². The number of aromatic nitrogens is 4. The summed E-state index contributed by atoms with van der Waals surface area (Å²) < 4.78 is 10.9. The van der Waals surface area contributed by atoms with E-state index >= 15 is 0 Å². The van der Waals surface area contributed by atoms with E-state index in [0.29, 0.717) is 73.5 Å². The lowest BCUT2D eigenvalue weighted by Gasteiger charge is -2.41. The van der Waals surface area contributed by atoms with Crippen LogP contribution in [0, 0.1) is 0 Å². The summed E-state index contributed by atoms with van der Waals surface area (Å²) in [6.45, 7) is 9.17. The van der Waals surface area contributed by atoms with Gasteiger partial charge in [0.05, 0.1) is 60.1 Å². The van der Waals surface area contributed by atoms with Crippen LogP contribution in [0.15, 0.2) is 123 Å². The molecular weight excluding hydrogens is 948 g/mol. The summed E-state index contributed by atoms with van der Waals surface area (Å²) >= 11 is 12.6. The van der Waals surface area contributed by atoms with Crippen molar-refractivity contribution >= 4 is 98.9 Å². The van der Waals surface area contributed by atoms with Crippen molar-refractivity contribution in [2.75, 3.05) is 69.9 Å². The first kappa shape index (κ1) is 49.4. The molecule has 6 aromatic rings. The largest absolute Gasteiger partial charge is 0.497 e. The number of allylic oxidation sites excluding steroid dienone is 1. The Bertz CT molecular complexity index is 2980. The maximum absolute atomic E-state index is 14.1. The van der Waals surface area contributed by atoms with E-state index in [2.05, 4.69) is 49.4 Å². The maximum atomic E-state index is 14.1. The molecule has 18 nitrogen and oxygen atoms in total. The first-order valence-electron chi connectivity index (χ1n) is 22.4. The van der Waals surface area contributed by atoms with Gasteiger partial charge in [-0.05, 0) is 74.0 Å². The fourth-order valence-electron chi connectivity index (χ4n) is 8.25. The lowest BCUT2D eigenvalue weighted by atomic mass is 10.0. The number of para-hydroxylation sites is 4. The fourth-order valence-corrected chi connectivity index (χ4v) is 8.86. The number of methoxy groups -OCH3 is 2. The van der Waals surface area contributed by atoms with Gasteiger partial charge in [0.15, 0.2) is 5.78 Å². The average molecular weight is 998 g/mol. The minimum absolute atomic E-state index is 0.0327. The fraction of sp³-hybridized carbons (Fsp3) is 0.216. The molecule has 5 amide bonds. The van der Waals surface area contributed by atoms with Gasteiger partial charge in [-0.3, -0.25) is 29.2 Å². The van der Waals surface area contributed by atoms with Crippen molar-refractivity contribution in [1.29, 1.82) is 0 Å². The number of anilines is 9. The Labute approximate surface area is 420 Å². The van der Waals surface area contributed by atoms with Crippen LogP contribution in [0.2, 0.25) is 10.0 Å². The van der Waals surface area contributed by atoms with Crippen molar-refractivity contribution in [2.45, 2.75) is 38.4 Å². The Morgan fingerprint density at radius 1 is 0.746 bits per heavy atom. The van der Waals surface area contributed by atoms with Crippen LogP contribution in [0.1, 0.15) is 29.5 Å². The minimum Gasteiger partial charge on any atom is -0.497 e. The van der Waals surface area contributed by atoms with Gasteiger partial charge < -0.3 is 30.7 Å². The number of fused-ring (bicyclic) bond motifs is 2. The van der Waals surface area contributed by atoms with Crippen molar-refractivity contribution in [3.63, 3.8) is 0 Å². The highest BCUT2D eigenvalue weighted by molar-refractivity contribution is 6.40. The van der Waals surface area contributed by atoms with E-state index in [4.69, 9.17) is 37.7 Å². The molecule has 0 spiro atoms. The third kappa shape index (κ3) is 11.0. The van der Waals surface area contributed by atoms with Crippen LogP contribution in [0.5, 0.6) is 11.5 Å². The zero-order valence-electron chi connectivity index (χ0n) is 39.1. The number of nitrogens with zero attached hydrogens (tertiary/aromatic N) is 8. The third-order valence-electron chi connectivity index (χ3n) is 11.8. The summed E-state index contributed by atoms with van der Waals surface area (Å²) in [5.41, 5.74) is 5.34. The molecule has 4 aromatic carbocycles. The molecule has 0 unspecified atom stereocenters. The summed E-state index contributed by atoms with van der Waals surface area (Å²) in [6.07, 6.45) is 7.70. The molecule has 9 rings (SSSR count). The minimum atomic E-state index is -0.326. The normalized spacial score (nSPS) is 14.3. The van der Waals surface area contributed by atoms with Crippen molar-refractivity contribution in [2.24, 2.45) is 0 Å². The van der Waals surface area contributed by atoms with Crippen LogP contribution in [-0.4, -0.2) is 84.1 Å². The maximum Gasteiger partial charge on any atom is 0.330 e. The molecule has 5 heterocycles. The van der Waals surface area contributed by atoms with E-state index in [-0.39, 0.29) is 49.3 Å². The van der Waals surface area contributed by atoms with E-state index in [1.807, 2.05) is 54.6 Å². The second-order valence-electron chi connectivity index (χ2n) is 16.4. The number of hydrogen-bond donors (Lipinski definition) is 4. The molecule has 0 saturated carbocycles. The summed E-state index contributed by atoms with van der Waals surface area (Å²) in [5.74, 6) is 2.45. The number of nitrogens with one attached hydrogen (secondary N) is 4. The Kier molecular flexibility index (Phi) is 15.4. The van der Waals surface area contributed by atoms with Crippen LogP contribution in [-0.2, 0) is 29.1 Å². The molecule has 3 aliphatic heterocycles. The molecule has 0 aliphatic carbocycles. The van der Waals surface area contributed by atoms with Crippen molar-refractivity contribution in [3.8, 4) is 11.5 Å². The number of amides is 5. The Morgan fingerprint density at radius 2 is 1.32 bits per heavy atom. The topological polar surface area (TPSA) is 199 Å². The van der Waals surface area contributed by atoms with Gasteiger partial charge in [-0.25, -0.2) is 19.6 Å². The van der Waals surface area contributed by atoms with Gasteiger partial charge in [-0.1, -0.05) is 72.8 Å². The number of carbonyl (C=O) groups excluding carboxylic acids is 4. The van der Waals surface area contributed by atoms with Crippen molar-refractivity contribution < 1.29 is 28.7 Å². The first-order valence-corrected chi connectivity index (χ1v) is 23.2. The zero-order chi connectivity index (χ0) is 50.2. The SMILES string of the molecule is C=CC(=O)Cc1ccccc1Nc1ncc2c(n1)N(C)C(=O)N(c1c(Cl)cccc1Cl)C2.C=CC(=O)Nc1ccccc1Nc1ncc2c(n1)N(C1CCNCC1)C(=O)N(c1cc(OC)cc(OC)c1)C2. The van der Waals surface area contributed by atoms with Gasteiger partial charge in [0.2, 0.25) is 17.8 Å². The number of hydrogen-bond acceptors (Lipinski definition) is 13. The van der Waals surface area contributed by atoms with Gasteiger partial charge in [-0.2, -0.15) is 9.97 Å². The number of benzene rings is 4. The van der Waals surface area contributed by atoms with Gasteiger partial charge in [-0.15, -0.1) is 0 Å². The Balaban J connectivity index is 0.000000194. The van der Waals surface area contributed by atoms with Crippen LogP contribution in [0.4, 0.5) is 61.6 Å². The molecule has 364 valence electrons. The summed E-state index contributed by atoms with van der Waals surface area (Å²) in [6, 6.07) is 24.6. The summed E-state index contributed by atoms with van der Waals surface area (Å²) in [7, 11) is 4.79. The molecule has 0 bridgehead atoms. The lowest BCUT2D eigenvalue weighted by Crippen LogP contribution is -2.55. The predicted molar refractivity (Wildman–Crippen MR) is 277 cm³/mol. The molecule has 71 heavy (non-hydrogen) atoms. The standard InChI is InChI=1S/C28H31N7O4.C23H19Cl2N5O2/c1-4-25(36)31-23-7-5-6-8-24(23)32-27-30-16-18-17-34(20-13-21(38-2)15-22(14-20)39-3)28(37)35(26(18)33-27)19-9-11-29-12-10-19;1-3-16(31)11-14-7-4-5-10-19(14)27-22-26-12-15-13-30(23(32)29(2)21(15)28-22)20-17(24)8-6-9-18(20)25/h4-8,13-16,19,29H,1,9-12,17H2,2-3H3,(H,31,36)(H,30,32,33);3-10,12H,1,11,13H2,2H3,(H,26,27,28). The average Bonchev–Trinajstić information content (AvgIpc) is 3.39. The molecule has 4 N–H and O–H groups in total. The lowest BCUT2D eigenvalue weighted by molar-refractivity contribution is -0.114. The summed E-state index contributed by atoms with van der Waals surface area (Å²) in [4.78, 5) is 75.6. The van der Waals surface area contributed by atoms with E-state index in [1.54, 1.807) is 73.8 Å². The number of ketones is 1. The molecule has 0 radical (unpaired) electrons. The smallest absolute Gasteiger partial charge is 0.330 e. The number of rotatable bonds is 14. The Hall–Kier alpha value is -8.06. The number of carbonyl (C=O) groups is 4. The van der Waals surface area contributed by atoms with Crippen LogP contribution in [0.3, 0.4) is 0 Å². The third-order valence-corrected chi connectivity index (χ3v) is 12.5. The zero-order valence-corrected chi connectivity index (χ0v) is 40.6. The van der Waals surface area contributed by atoms with Gasteiger partial charge in [0, 0.05) is 66.9 Å². The van der Waals surface area contributed by atoms with Gasteiger partial charge in [0.1, 0.15) is 23.1 Å². The van der Waals surface area contributed by atoms with E-state index in [0.717, 1.165) is 42.6 Å². The number of ether oxygens (including phenoxy) is 2. The molecule has 1 saturated heterocycles. The highest BCUT2D eigenvalue weighted by Gasteiger charge is 2.39. The second-order valence-corrected chi connectivity index (χ2v) is 17.2. The molecule has 1 fully saturated rings. The Morgan fingerprint density at radius 3 is 1.96 bits per heavy atom. The monoisotopic (exact) mass is 996 g/mol. The molecule has 2 aromatic heterocycles.